The van der Waals surface area contributed by atoms with E-state index in [-0.39, 0.29) is 5.69 Å². The van der Waals surface area contributed by atoms with Gasteiger partial charge in [-0.3, -0.25) is 9.78 Å². The zero-order chi connectivity index (χ0) is 19.2. The van der Waals surface area contributed by atoms with E-state index in [1.165, 1.54) is 29.9 Å². The number of nitrogens with zero attached hydrogens (tertiary/aromatic N) is 2. The van der Waals surface area contributed by atoms with Gasteiger partial charge < -0.3 is 10.1 Å². The lowest BCUT2D eigenvalue weighted by Gasteiger charge is -2.09. The van der Waals surface area contributed by atoms with Crippen molar-refractivity contribution < 1.29 is 14.3 Å². The topological polar surface area (TPSA) is 81.2 Å². The van der Waals surface area contributed by atoms with Gasteiger partial charge in [-0.25, -0.2) is 9.78 Å². The Bertz CT molecular complexity index is 940. The number of aromatic nitrogens is 2. The molecule has 0 atom stereocenters. The maximum Gasteiger partial charge on any atom is 0.341 e. The van der Waals surface area contributed by atoms with Crippen LogP contribution in [0.15, 0.2) is 48.9 Å². The first-order chi connectivity index (χ1) is 13.1. The fraction of sp³-hybridized carbons (Fsp3) is 0.200. The SMILES string of the molecule is CCCOC(=O)c1c(NC(=O)c2cnccn2)sc(C)c1-c1ccccc1. The summed E-state index contributed by atoms with van der Waals surface area (Å²) >= 11 is 1.34. The number of carbonyl (C=O) groups excluding carboxylic acids is 2. The van der Waals surface area contributed by atoms with E-state index in [1.54, 1.807) is 0 Å². The lowest BCUT2D eigenvalue weighted by atomic mass is 10.0. The van der Waals surface area contributed by atoms with E-state index < -0.39 is 11.9 Å². The first kappa shape index (κ1) is 18.7. The van der Waals surface area contributed by atoms with Crippen molar-refractivity contribution in [3.05, 3.63) is 65.1 Å². The lowest BCUT2D eigenvalue weighted by molar-refractivity contribution is 0.0507. The van der Waals surface area contributed by atoms with Gasteiger partial charge in [0.05, 0.1) is 12.8 Å². The number of carbonyl (C=O) groups is 2. The summed E-state index contributed by atoms with van der Waals surface area (Å²) in [5.41, 5.74) is 2.22. The molecule has 6 nitrogen and oxygen atoms in total. The molecule has 0 aliphatic rings. The molecule has 0 saturated carbocycles. The number of amides is 1. The Hall–Kier alpha value is -3.06. The normalized spacial score (nSPS) is 10.4. The molecule has 0 fully saturated rings. The quantitative estimate of drug-likeness (QED) is 0.643. The Morgan fingerprint density at radius 2 is 1.96 bits per heavy atom. The third-order valence-corrected chi connectivity index (χ3v) is 4.83. The molecule has 7 heteroatoms. The van der Waals surface area contributed by atoms with Gasteiger partial charge in [0.1, 0.15) is 16.3 Å². The Morgan fingerprint density at radius 1 is 1.19 bits per heavy atom. The first-order valence-electron chi connectivity index (χ1n) is 8.55. The fourth-order valence-corrected chi connectivity index (χ4v) is 3.69. The number of hydrogen-bond donors (Lipinski definition) is 1. The monoisotopic (exact) mass is 381 g/mol. The van der Waals surface area contributed by atoms with Crippen LogP contribution in [-0.4, -0.2) is 28.5 Å². The van der Waals surface area contributed by atoms with Crippen LogP contribution >= 0.6 is 11.3 Å². The zero-order valence-electron chi connectivity index (χ0n) is 15.1. The second-order valence-corrected chi connectivity index (χ2v) is 7.01. The lowest BCUT2D eigenvalue weighted by Crippen LogP contribution is -2.16. The number of thiophene rings is 1. The molecule has 3 aromatic rings. The van der Waals surface area contributed by atoms with Crippen LogP contribution in [0, 0.1) is 6.92 Å². The molecule has 1 N–H and O–H groups in total. The minimum atomic E-state index is -0.450. The van der Waals surface area contributed by atoms with Crippen molar-refractivity contribution in [1.29, 1.82) is 0 Å². The van der Waals surface area contributed by atoms with Gasteiger partial charge in [-0.1, -0.05) is 37.3 Å². The van der Waals surface area contributed by atoms with Crippen molar-refractivity contribution in [3.8, 4) is 11.1 Å². The number of esters is 1. The summed E-state index contributed by atoms with van der Waals surface area (Å²) in [6, 6.07) is 9.59. The summed E-state index contributed by atoms with van der Waals surface area (Å²) in [5.74, 6) is -0.872. The van der Waals surface area contributed by atoms with Crippen LogP contribution in [0.2, 0.25) is 0 Å². The van der Waals surface area contributed by atoms with Crippen LogP contribution in [0.5, 0.6) is 0 Å². The van der Waals surface area contributed by atoms with Gasteiger partial charge in [-0.05, 0) is 18.9 Å². The highest BCUT2D eigenvalue weighted by atomic mass is 32.1. The molecule has 0 aliphatic carbocycles. The Morgan fingerprint density at radius 3 is 2.63 bits per heavy atom. The number of anilines is 1. The summed E-state index contributed by atoms with van der Waals surface area (Å²) in [4.78, 5) is 34.1. The van der Waals surface area contributed by atoms with Crippen molar-refractivity contribution in [1.82, 2.24) is 9.97 Å². The van der Waals surface area contributed by atoms with Gasteiger partial charge in [0.2, 0.25) is 0 Å². The van der Waals surface area contributed by atoms with Crippen LogP contribution in [0.25, 0.3) is 11.1 Å². The van der Waals surface area contributed by atoms with Crippen molar-refractivity contribution >= 4 is 28.2 Å². The number of ether oxygens (including phenoxy) is 1. The van der Waals surface area contributed by atoms with E-state index in [0.717, 1.165) is 22.4 Å². The molecule has 0 unspecified atom stereocenters. The van der Waals surface area contributed by atoms with Crippen molar-refractivity contribution in [2.75, 3.05) is 11.9 Å². The van der Waals surface area contributed by atoms with E-state index in [4.69, 9.17) is 4.74 Å². The third-order valence-electron chi connectivity index (χ3n) is 3.81. The molecule has 0 bridgehead atoms. The summed E-state index contributed by atoms with van der Waals surface area (Å²) in [5, 5.41) is 3.24. The van der Waals surface area contributed by atoms with Gasteiger partial charge >= 0.3 is 5.97 Å². The van der Waals surface area contributed by atoms with Gasteiger partial charge in [-0.15, -0.1) is 11.3 Å². The largest absolute Gasteiger partial charge is 0.462 e. The van der Waals surface area contributed by atoms with E-state index in [2.05, 4.69) is 15.3 Å². The summed E-state index contributed by atoms with van der Waals surface area (Å²) in [6.07, 6.45) is 5.04. The van der Waals surface area contributed by atoms with E-state index in [9.17, 15) is 9.59 Å². The summed E-state index contributed by atoms with van der Waals surface area (Å²) in [6.45, 7) is 4.17. The molecule has 27 heavy (non-hydrogen) atoms. The number of hydrogen-bond acceptors (Lipinski definition) is 6. The Labute approximate surface area is 161 Å². The van der Waals surface area contributed by atoms with Crippen LogP contribution < -0.4 is 5.32 Å². The second-order valence-electron chi connectivity index (χ2n) is 5.78. The number of nitrogens with one attached hydrogen (secondary N) is 1. The fourth-order valence-electron chi connectivity index (χ4n) is 2.63. The first-order valence-corrected chi connectivity index (χ1v) is 9.36. The third kappa shape index (κ3) is 4.20. The molecule has 2 aromatic heterocycles. The van der Waals surface area contributed by atoms with E-state index in [1.807, 2.05) is 44.2 Å². The van der Waals surface area contributed by atoms with E-state index >= 15 is 0 Å². The van der Waals surface area contributed by atoms with Crippen LogP contribution in [0.4, 0.5) is 5.00 Å². The maximum absolute atomic E-state index is 12.8. The molecule has 0 saturated heterocycles. The van der Waals surface area contributed by atoms with E-state index in [0.29, 0.717) is 17.2 Å². The molecule has 1 amide bonds. The minimum absolute atomic E-state index is 0.178. The molecular weight excluding hydrogens is 362 g/mol. The number of rotatable bonds is 6. The highest BCUT2D eigenvalue weighted by molar-refractivity contribution is 7.17. The smallest absolute Gasteiger partial charge is 0.341 e. The molecule has 0 radical (unpaired) electrons. The number of aryl methyl sites for hydroxylation is 1. The summed E-state index contributed by atoms with van der Waals surface area (Å²) in [7, 11) is 0. The van der Waals surface area contributed by atoms with Crippen molar-refractivity contribution in [2.45, 2.75) is 20.3 Å². The van der Waals surface area contributed by atoms with Crippen LogP contribution in [-0.2, 0) is 4.74 Å². The van der Waals surface area contributed by atoms with Gasteiger partial charge in [0.25, 0.3) is 5.91 Å². The van der Waals surface area contributed by atoms with Crippen LogP contribution in [0.1, 0.15) is 39.1 Å². The molecular formula is C20H19N3O3S. The highest BCUT2D eigenvalue weighted by Crippen LogP contribution is 2.40. The van der Waals surface area contributed by atoms with Gasteiger partial charge in [-0.2, -0.15) is 0 Å². The molecule has 2 heterocycles. The van der Waals surface area contributed by atoms with Crippen molar-refractivity contribution in [3.63, 3.8) is 0 Å². The summed E-state index contributed by atoms with van der Waals surface area (Å²) < 4.78 is 5.37. The minimum Gasteiger partial charge on any atom is -0.462 e. The molecule has 3 rings (SSSR count). The zero-order valence-corrected chi connectivity index (χ0v) is 15.9. The van der Waals surface area contributed by atoms with Gasteiger partial charge in [0, 0.05) is 22.8 Å². The number of benzene rings is 1. The molecule has 1 aromatic carbocycles. The highest BCUT2D eigenvalue weighted by Gasteiger charge is 2.26. The Kier molecular flexibility index (Phi) is 5.93. The predicted molar refractivity (Wildman–Crippen MR) is 105 cm³/mol. The standard InChI is InChI=1S/C20H19N3O3S/c1-3-11-26-20(25)17-16(14-7-5-4-6-8-14)13(2)27-19(17)23-18(24)15-12-21-9-10-22-15/h4-10,12H,3,11H2,1-2H3,(H,23,24). The Balaban J connectivity index is 2.03. The average molecular weight is 381 g/mol. The predicted octanol–water partition coefficient (Wildman–Crippen LogP) is 4.33. The molecule has 138 valence electrons. The molecule has 0 spiro atoms. The van der Waals surface area contributed by atoms with Crippen LogP contribution in [0.3, 0.4) is 0 Å². The van der Waals surface area contributed by atoms with Gasteiger partial charge in [0.15, 0.2) is 0 Å². The maximum atomic E-state index is 12.8. The average Bonchev–Trinajstić information content (AvgIpc) is 3.03. The van der Waals surface area contributed by atoms with Crippen molar-refractivity contribution in [2.24, 2.45) is 0 Å². The molecule has 0 aliphatic heterocycles. The second kappa shape index (κ2) is 8.55.